The van der Waals surface area contributed by atoms with Crippen molar-refractivity contribution < 1.29 is 9.59 Å². The number of urea groups is 2. The van der Waals surface area contributed by atoms with Crippen LogP contribution in [0.1, 0.15) is 11.1 Å². The number of benzene rings is 2. The number of hydrogen-bond acceptors (Lipinski definition) is 2. The van der Waals surface area contributed by atoms with Gasteiger partial charge in [0.05, 0.1) is 0 Å². The van der Waals surface area contributed by atoms with E-state index in [0.717, 1.165) is 11.1 Å². The van der Waals surface area contributed by atoms with Crippen LogP contribution in [0.4, 0.5) is 9.59 Å². The maximum absolute atomic E-state index is 12.9. The molecule has 24 heavy (non-hydrogen) atoms. The van der Waals surface area contributed by atoms with Gasteiger partial charge in [-0.3, -0.25) is 9.80 Å². The molecule has 2 aromatic carbocycles. The Morgan fingerprint density at radius 3 is 1.54 bits per heavy atom. The van der Waals surface area contributed by atoms with E-state index in [1.54, 1.807) is 9.80 Å². The first-order chi connectivity index (χ1) is 11.7. The first-order valence-corrected chi connectivity index (χ1v) is 7.94. The Balaban J connectivity index is 1.59. The minimum Gasteiger partial charge on any atom is -0.314 e. The van der Waals surface area contributed by atoms with Gasteiger partial charge in [0.2, 0.25) is 0 Å². The van der Waals surface area contributed by atoms with Crippen molar-refractivity contribution in [3.8, 4) is 0 Å². The molecule has 0 aliphatic carbocycles. The normalized spacial score (nSPS) is 22.3. The lowest BCUT2D eigenvalue weighted by atomic mass is 10.2. The van der Waals surface area contributed by atoms with Gasteiger partial charge in [-0.1, -0.05) is 60.7 Å². The molecule has 2 N–H and O–H groups in total. The third kappa shape index (κ3) is 2.56. The van der Waals surface area contributed by atoms with E-state index in [-0.39, 0.29) is 24.4 Å². The first kappa shape index (κ1) is 14.6. The molecular formula is C18H18N4O2. The molecule has 4 rings (SSSR count). The Morgan fingerprint density at radius 1 is 0.708 bits per heavy atom. The zero-order valence-corrected chi connectivity index (χ0v) is 13.1. The standard InChI is InChI=1S/C18H18N4O2/c23-17-19-15-16(20-17)22(12-14-9-5-2-6-10-14)18(24)21(15)11-13-7-3-1-4-8-13/h1-10,15-16H,11-12H2,(H2,19,20,23). The lowest BCUT2D eigenvalue weighted by molar-refractivity contribution is 0.174. The average molecular weight is 322 g/mol. The summed E-state index contributed by atoms with van der Waals surface area (Å²) in [6, 6.07) is 19.3. The van der Waals surface area contributed by atoms with E-state index in [2.05, 4.69) is 10.6 Å². The predicted molar refractivity (Wildman–Crippen MR) is 88.6 cm³/mol. The lowest BCUT2D eigenvalue weighted by Gasteiger charge is -2.22. The summed E-state index contributed by atoms with van der Waals surface area (Å²) in [7, 11) is 0. The third-order valence-corrected chi connectivity index (χ3v) is 4.41. The molecule has 2 atom stereocenters. The fourth-order valence-electron chi connectivity index (χ4n) is 3.26. The molecule has 0 aromatic heterocycles. The van der Waals surface area contributed by atoms with Crippen molar-refractivity contribution >= 4 is 12.1 Å². The smallest absolute Gasteiger partial charge is 0.314 e. The molecule has 6 nitrogen and oxygen atoms in total. The van der Waals surface area contributed by atoms with Crippen molar-refractivity contribution in [2.75, 3.05) is 0 Å². The van der Waals surface area contributed by atoms with Gasteiger partial charge in [0.25, 0.3) is 0 Å². The number of carbonyl (C=O) groups excluding carboxylic acids is 2. The number of fused-ring (bicyclic) bond motifs is 1. The largest absolute Gasteiger partial charge is 0.324 e. The molecule has 0 spiro atoms. The number of nitrogens with one attached hydrogen (secondary N) is 2. The van der Waals surface area contributed by atoms with E-state index in [9.17, 15) is 9.59 Å². The molecule has 2 heterocycles. The van der Waals surface area contributed by atoms with Crippen LogP contribution >= 0.6 is 0 Å². The summed E-state index contributed by atoms with van der Waals surface area (Å²) in [5.41, 5.74) is 2.07. The van der Waals surface area contributed by atoms with Gasteiger partial charge in [-0.15, -0.1) is 0 Å². The molecule has 4 amide bonds. The second-order valence-corrected chi connectivity index (χ2v) is 6.02. The number of hydrogen-bond donors (Lipinski definition) is 2. The first-order valence-electron chi connectivity index (χ1n) is 7.94. The molecule has 2 saturated heterocycles. The van der Waals surface area contributed by atoms with Crippen LogP contribution in [0.3, 0.4) is 0 Å². The van der Waals surface area contributed by atoms with E-state index in [1.165, 1.54) is 0 Å². The van der Waals surface area contributed by atoms with Crippen molar-refractivity contribution in [3.05, 3.63) is 71.8 Å². The highest BCUT2D eigenvalue weighted by atomic mass is 16.2. The van der Waals surface area contributed by atoms with Gasteiger partial charge >= 0.3 is 12.1 Å². The molecule has 0 saturated carbocycles. The van der Waals surface area contributed by atoms with Crippen LogP contribution < -0.4 is 10.6 Å². The number of carbonyl (C=O) groups is 2. The molecule has 2 unspecified atom stereocenters. The summed E-state index contributed by atoms with van der Waals surface area (Å²) >= 11 is 0. The van der Waals surface area contributed by atoms with Crippen LogP contribution in [0, 0.1) is 0 Å². The van der Waals surface area contributed by atoms with Crippen LogP contribution in [0.5, 0.6) is 0 Å². The molecular weight excluding hydrogens is 304 g/mol. The van der Waals surface area contributed by atoms with Crippen LogP contribution in [-0.2, 0) is 13.1 Å². The quantitative estimate of drug-likeness (QED) is 0.905. The molecule has 2 aliphatic rings. The minimum absolute atomic E-state index is 0.0785. The Bertz CT molecular complexity index is 689. The summed E-state index contributed by atoms with van der Waals surface area (Å²) in [6.45, 7) is 0.933. The molecule has 0 bridgehead atoms. The molecule has 2 fully saturated rings. The SMILES string of the molecule is O=C1NC2C(N1)N(Cc1ccccc1)C(=O)N2Cc1ccccc1. The topological polar surface area (TPSA) is 64.7 Å². The van der Waals surface area contributed by atoms with Gasteiger partial charge in [0.1, 0.15) is 12.3 Å². The van der Waals surface area contributed by atoms with E-state index in [4.69, 9.17) is 0 Å². The lowest BCUT2D eigenvalue weighted by Crippen LogP contribution is -2.42. The molecule has 2 aromatic rings. The Morgan fingerprint density at radius 2 is 1.12 bits per heavy atom. The summed E-state index contributed by atoms with van der Waals surface area (Å²) in [6.07, 6.45) is -0.706. The second kappa shape index (κ2) is 5.88. The zero-order chi connectivity index (χ0) is 16.5. The molecule has 6 heteroatoms. The van der Waals surface area contributed by atoms with Gasteiger partial charge in [-0.25, -0.2) is 9.59 Å². The van der Waals surface area contributed by atoms with Gasteiger partial charge in [0, 0.05) is 13.1 Å². The molecule has 2 aliphatic heterocycles. The monoisotopic (exact) mass is 322 g/mol. The Kier molecular flexibility index (Phi) is 3.57. The number of nitrogens with zero attached hydrogens (tertiary/aromatic N) is 2. The van der Waals surface area contributed by atoms with Gasteiger partial charge in [-0.2, -0.15) is 0 Å². The van der Waals surface area contributed by atoms with Crippen molar-refractivity contribution in [2.24, 2.45) is 0 Å². The van der Waals surface area contributed by atoms with Crippen LogP contribution in [0.25, 0.3) is 0 Å². The van der Waals surface area contributed by atoms with E-state index >= 15 is 0 Å². The van der Waals surface area contributed by atoms with Crippen molar-refractivity contribution in [1.82, 2.24) is 20.4 Å². The summed E-state index contributed by atoms with van der Waals surface area (Å²) in [5, 5.41) is 5.69. The molecule has 0 radical (unpaired) electrons. The minimum atomic E-state index is -0.353. The highest BCUT2D eigenvalue weighted by Gasteiger charge is 2.50. The van der Waals surface area contributed by atoms with E-state index in [0.29, 0.717) is 13.1 Å². The van der Waals surface area contributed by atoms with Crippen molar-refractivity contribution in [2.45, 2.75) is 25.4 Å². The highest BCUT2D eigenvalue weighted by Crippen LogP contribution is 2.26. The summed E-state index contributed by atoms with van der Waals surface area (Å²) in [4.78, 5) is 28.1. The number of rotatable bonds is 4. The summed E-state index contributed by atoms with van der Waals surface area (Å²) < 4.78 is 0. The van der Waals surface area contributed by atoms with Gasteiger partial charge in [0.15, 0.2) is 0 Å². The van der Waals surface area contributed by atoms with Crippen LogP contribution in [-0.4, -0.2) is 34.2 Å². The Labute approximate surface area is 140 Å². The van der Waals surface area contributed by atoms with Gasteiger partial charge < -0.3 is 10.6 Å². The van der Waals surface area contributed by atoms with Crippen molar-refractivity contribution in [3.63, 3.8) is 0 Å². The van der Waals surface area contributed by atoms with Gasteiger partial charge in [-0.05, 0) is 11.1 Å². The summed E-state index contributed by atoms with van der Waals surface area (Å²) in [5.74, 6) is 0. The van der Waals surface area contributed by atoms with Crippen molar-refractivity contribution in [1.29, 1.82) is 0 Å². The second-order valence-electron chi connectivity index (χ2n) is 6.02. The maximum atomic E-state index is 12.9. The predicted octanol–water partition coefficient (Wildman–Crippen LogP) is 2.09. The third-order valence-electron chi connectivity index (χ3n) is 4.41. The number of amides is 4. The van der Waals surface area contributed by atoms with E-state index in [1.807, 2.05) is 60.7 Å². The molecule has 122 valence electrons. The zero-order valence-electron chi connectivity index (χ0n) is 13.1. The maximum Gasteiger partial charge on any atom is 0.324 e. The van der Waals surface area contributed by atoms with E-state index < -0.39 is 0 Å². The fraction of sp³-hybridized carbons (Fsp3) is 0.222. The van der Waals surface area contributed by atoms with Crippen LogP contribution in [0.15, 0.2) is 60.7 Å². The average Bonchev–Trinajstić information content (AvgIpc) is 3.09. The fourth-order valence-corrected chi connectivity index (χ4v) is 3.26. The Hall–Kier alpha value is -3.02. The van der Waals surface area contributed by atoms with Crippen LogP contribution in [0.2, 0.25) is 0 Å². The highest BCUT2D eigenvalue weighted by molar-refractivity contribution is 5.84.